The van der Waals surface area contributed by atoms with Crippen LogP contribution in [0.5, 0.6) is 17.2 Å². The highest BCUT2D eigenvalue weighted by molar-refractivity contribution is 7.16. The Morgan fingerprint density at radius 1 is 1.05 bits per heavy atom. The topological polar surface area (TPSA) is 154 Å². The maximum Gasteiger partial charge on any atom is 0.357 e. The molecule has 1 atom stereocenters. The Hall–Kier alpha value is -4.65. The van der Waals surface area contributed by atoms with Crippen molar-refractivity contribution in [2.45, 2.75) is 32.7 Å². The number of amides is 2. The standard InChI is InChI=1S/C29H32N4O8S/c1-14-25(28(37)41-6)33-29(42-14)32-23(36)13-30-20-10-8-17-18(12-21(20)35)19(31-15(2)34)9-7-16-11-22(38-3)26(39-4)27(40-5)24(16)17/h8,10-12,19H,7,9,13H2,1-6H3,(H,30,35)(H,31,34)(H,32,33,36)/t19-/m1/s1. The lowest BCUT2D eigenvalue weighted by atomic mass is 9.95. The van der Waals surface area contributed by atoms with Crippen molar-refractivity contribution in [1.82, 2.24) is 10.3 Å². The number of carbonyl (C=O) groups is 3. The van der Waals surface area contributed by atoms with Gasteiger partial charge in [-0.25, -0.2) is 9.78 Å². The number of nitrogens with one attached hydrogen (secondary N) is 3. The van der Waals surface area contributed by atoms with Crippen LogP contribution in [0.3, 0.4) is 0 Å². The van der Waals surface area contributed by atoms with Gasteiger partial charge in [0.05, 0.1) is 46.7 Å². The Bertz CT molecular complexity index is 1600. The van der Waals surface area contributed by atoms with Gasteiger partial charge in [0.2, 0.25) is 23.0 Å². The molecule has 12 nitrogen and oxygen atoms in total. The summed E-state index contributed by atoms with van der Waals surface area (Å²) in [6.45, 7) is 2.88. The third kappa shape index (κ3) is 6.15. The highest BCUT2D eigenvalue weighted by Gasteiger charge is 2.29. The number of hydrogen-bond donors (Lipinski definition) is 3. The molecule has 0 unspecified atom stereocenters. The average molecular weight is 597 g/mol. The molecule has 3 N–H and O–H groups in total. The van der Waals surface area contributed by atoms with Crippen LogP contribution < -0.4 is 35.6 Å². The van der Waals surface area contributed by atoms with Crippen molar-refractivity contribution in [3.8, 4) is 28.4 Å². The number of rotatable bonds is 9. The van der Waals surface area contributed by atoms with Gasteiger partial charge in [0.15, 0.2) is 22.3 Å². The fourth-order valence-corrected chi connectivity index (χ4v) is 5.75. The number of hydrogen-bond acceptors (Lipinski definition) is 11. The number of ether oxygens (including phenoxy) is 4. The van der Waals surface area contributed by atoms with Crippen molar-refractivity contribution >= 4 is 39.9 Å². The van der Waals surface area contributed by atoms with Crippen molar-refractivity contribution in [1.29, 1.82) is 0 Å². The lowest BCUT2D eigenvalue weighted by Gasteiger charge is -2.19. The molecular weight excluding hydrogens is 564 g/mol. The molecule has 0 radical (unpaired) electrons. The van der Waals surface area contributed by atoms with Crippen LogP contribution in [0.4, 0.5) is 10.8 Å². The van der Waals surface area contributed by atoms with Gasteiger partial charge in [-0.1, -0.05) is 6.07 Å². The highest BCUT2D eigenvalue weighted by atomic mass is 32.1. The molecule has 1 aromatic heterocycles. The summed E-state index contributed by atoms with van der Waals surface area (Å²) in [4.78, 5) is 54.7. The van der Waals surface area contributed by atoms with Crippen molar-refractivity contribution in [3.63, 3.8) is 0 Å². The fourth-order valence-electron chi connectivity index (χ4n) is 4.93. The minimum atomic E-state index is -0.596. The van der Waals surface area contributed by atoms with E-state index in [2.05, 4.69) is 20.9 Å². The van der Waals surface area contributed by atoms with Crippen molar-refractivity contribution < 1.29 is 33.3 Å². The average Bonchev–Trinajstić information content (AvgIpc) is 3.16. The van der Waals surface area contributed by atoms with E-state index in [0.29, 0.717) is 46.1 Å². The first-order valence-electron chi connectivity index (χ1n) is 13.0. The number of aromatic nitrogens is 1. The smallest absolute Gasteiger partial charge is 0.357 e. The molecule has 3 aromatic rings. The Kier molecular flexibility index (Phi) is 9.31. The van der Waals surface area contributed by atoms with Gasteiger partial charge in [-0.05, 0) is 54.7 Å². The molecule has 0 spiro atoms. The Morgan fingerprint density at radius 2 is 1.79 bits per heavy atom. The second-order valence-electron chi connectivity index (χ2n) is 9.41. The summed E-state index contributed by atoms with van der Waals surface area (Å²) in [7, 11) is 5.84. The molecule has 2 amide bonds. The van der Waals surface area contributed by atoms with Gasteiger partial charge in [-0.2, -0.15) is 0 Å². The molecule has 1 aliphatic carbocycles. The monoisotopic (exact) mass is 596 g/mol. The van der Waals surface area contributed by atoms with Crippen LogP contribution in [0.2, 0.25) is 0 Å². The number of esters is 1. The zero-order chi connectivity index (χ0) is 30.6. The van der Waals surface area contributed by atoms with Crippen LogP contribution >= 0.6 is 11.3 Å². The number of benzene rings is 1. The molecule has 0 bridgehead atoms. The largest absolute Gasteiger partial charge is 0.493 e. The van der Waals surface area contributed by atoms with Gasteiger partial charge in [-0.3, -0.25) is 14.4 Å². The molecule has 0 fully saturated rings. The van der Waals surface area contributed by atoms with E-state index in [0.717, 1.165) is 22.5 Å². The van der Waals surface area contributed by atoms with Gasteiger partial charge < -0.3 is 34.9 Å². The zero-order valence-corrected chi connectivity index (χ0v) is 24.9. The number of fused-ring (bicyclic) bond motifs is 3. The van der Waals surface area contributed by atoms with E-state index in [1.165, 1.54) is 34.3 Å². The molecule has 1 aliphatic rings. The van der Waals surface area contributed by atoms with Gasteiger partial charge in [0.1, 0.15) is 0 Å². The summed E-state index contributed by atoms with van der Waals surface area (Å²) in [6.07, 6.45) is 1.09. The predicted octanol–water partition coefficient (Wildman–Crippen LogP) is 3.47. The molecule has 42 heavy (non-hydrogen) atoms. The van der Waals surface area contributed by atoms with Crippen molar-refractivity contribution in [3.05, 3.63) is 56.2 Å². The summed E-state index contributed by atoms with van der Waals surface area (Å²) in [5.74, 6) is 0.0450. The maximum absolute atomic E-state index is 13.4. The fraction of sp³-hybridized carbons (Fsp3) is 0.345. The van der Waals surface area contributed by atoms with Crippen molar-refractivity contribution in [2.75, 3.05) is 45.6 Å². The van der Waals surface area contributed by atoms with Crippen LogP contribution in [0.25, 0.3) is 11.1 Å². The second-order valence-corrected chi connectivity index (χ2v) is 10.6. The quantitative estimate of drug-likeness (QED) is 0.313. The normalized spacial score (nSPS) is 13.5. The van der Waals surface area contributed by atoms with Gasteiger partial charge in [0, 0.05) is 17.4 Å². The molecule has 0 aliphatic heterocycles. The molecule has 0 saturated heterocycles. The Labute approximate surface area is 246 Å². The number of methoxy groups -OCH3 is 4. The molecule has 1 heterocycles. The molecule has 222 valence electrons. The van der Waals surface area contributed by atoms with E-state index in [9.17, 15) is 19.2 Å². The number of anilines is 2. The third-order valence-corrected chi connectivity index (χ3v) is 7.66. The number of nitrogens with zero attached hydrogens (tertiary/aromatic N) is 1. The summed E-state index contributed by atoms with van der Waals surface area (Å²) >= 11 is 1.14. The first-order valence-corrected chi connectivity index (χ1v) is 13.8. The highest BCUT2D eigenvalue weighted by Crippen LogP contribution is 2.50. The lowest BCUT2D eigenvalue weighted by Crippen LogP contribution is -2.27. The summed E-state index contributed by atoms with van der Waals surface area (Å²) < 4.78 is 21.7. The Balaban J connectivity index is 1.72. The van der Waals surface area contributed by atoms with Gasteiger partial charge >= 0.3 is 5.97 Å². The Morgan fingerprint density at radius 3 is 2.43 bits per heavy atom. The summed E-state index contributed by atoms with van der Waals surface area (Å²) in [5, 5.41) is 8.72. The van der Waals surface area contributed by atoms with E-state index in [4.69, 9.17) is 18.9 Å². The zero-order valence-electron chi connectivity index (χ0n) is 24.1. The minimum absolute atomic E-state index is 0.128. The van der Waals surface area contributed by atoms with Crippen LogP contribution in [-0.2, 0) is 20.7 Å². The van der Waals surface area contributed by atoms with E-state index >= 15 is 0 Å². The summed E-state index contributed by atoms with van der Waals surface area (Å²) in [6, 6.07) is 6.23. The third-order valence-electron chi connectivity index (χ3n) is 6.78. The van der Waals surface area contributed by atoms with E-state index in [-0.39, 0.29) is 34.4 Å². The molecule has 2 aromatic carbocycles. The first kappa shape index (κ1) is 30.3. The van der Waals surface area contributed by atoms with Crippen LogP contribution in [0.15, 0.2) is 29.1 Å². The molecular formula is C29H32N4O8S. The molecule has 4 rings (SSSR count). The lowest BCUT2D eigenvalue weighted by molar-refractivity contribution is -0.119. The first-order chi connectivity index (χ1) is 20.1. The van der Waals surface area contributed by atoms with E-state index in [1.807, 2.05) is 6.07 Å². The van der Waals surface area contributed by atoms with Crippen LogP contribution in [0, 0.1) is 6.92 Å². The van der Waals surface area contributed by atoms with E-state index < -0.39 is 17.9 Å². The van der Waals surface area contributed by atoms with Crippen LogP contribution in [0.1, 0.15) is 45.9 Å². The second kappa shape index (κ2) is 12.9. The van der Waals surface area contributed by atoms with E-state index in [1.54, 1.807) is 26.2 Å². The number of aryl methyl sites for hydroxylation is 2. The predicted molar refractivity (Wildman–Crippen MR) is 158 cm³/mol. The minimum Gasteiger partial charge on any atom is -0.493 e. The SMILES string of the molecule is COC(=O)c1nc(NC(=O)CNc2ccc3c(cc2=O)[C@H](NC(C)=O)CCc2cc(OC)c(OC)c(OC)c2-3)sc1C. The van der Waals surface area contributed by atoms with Gasteiger partial charge in [0.25, 0.3) is 0 Å². The molecule has 13 heteroatoms. The number of thiazole rings is 1. The number of carbonyl (C=O) groups excluding carboxylic acids is 3. The maximum atomic E-state index is 13.4. The van der Waals surface area contributed by atoms with Crippen molar-refractivity contribution in [2.24, 2.45) is 0 Å². The molecule has 0 saturated carbocycles. The summed E-state index contributed by atoms with van der Waals surface area (Å²) in [5.41, 5.74) is 2.82. The van der Waals surface area contributed by atoms with Crippen LogP contribution in [-0.4, -0.2) is 57.8 Å². The van der Waals surface area contributed by atoms with Gasteiger partial charge in [-0.15, -0.1) is 11.3 Å².